The van der Waals surface area contributed by atoms with E-state index < -0.39 is 0 Å². The fourth-order valence-corrected chi connectivity index (χ4v) is 5.10. The number of hydrogen-bond donors (Lipinski definition) is 1. The van der Waals surface area contributed by atoms with Gasteiger partial charge in [0.25, 0.3) is 0 Å². The smallest absolute Gasteiger partial charge is 0.125 e. The van der Waals surface area contributed by atoms with Crippen LogP contribution in [-0.4, -0.2) is 23.0 Å². The predicted molar refractivity (Wildman–Crippen MR) is 152 cm³/mol. The van der Waals surface area contributed by atoms with Crippen molar-refractivity contribution < 1.29 is 0 Å². The summed E-state index contributed by atoms with van der Waals surface area (Å²) in [4.78, 5) is 6.92. The van der Waals surface area contributed by atoms with E-state index in [0.717, 1.165) is 51.1 Å². The van der Waals surface area contributed by atoms with Gasteiger partial charge < -0.3 is 10.2 Å². The summed E-state index contributed by atoms with van der Waals surface area (Å²) in [7, 11) is 0. The Labute approximate surface area is 215 Å². The standard InChI is InChI=1S/C32H49N3/c1-7-31(3,4)19-12-20-32(5,6)25-35-24-29-23-27(16-18-28(29)17-15-26(35)2)13-8-10-21-33-30-14-9-11-22-34-30/h9,11,14,16,18,22-23H,2,7-8,10,12-13,15,17,19-21,24-25H2,1,3-6H3,(H,33,34). The molecule has 192 valence electrons. The summed E-state index contributed by atoms with van der Waals surface area (Å²) < 4.78 is 0. The second kappa shape index (κ2) is 12.6. The molecular formula is C32H49N3. The van der Waals surface area contributed by atoms with Crippen molar-refractivity contribution >= 4 is 5.82 Å². The summed E-state index contributed by atoms with van der Waals surface area (Å²) in [6.07, 6.45) is 12.7. The number of pyridine rings is 1. The number of unbranched alkanes of at least 4 members (excludes halogenated alkanes) is 1. The largest absolute Gasteiger partial charge is 0.370 e. The third-order valence-electron chi connectivity index (χ3n) is 7.91. The first-order valence-corrected chi connectivity index (χ1v) is 13.9. The quantitative estimate of drug-likeness (QED) is 0.295. The molecule has 1 N–H and O–H groups in total. The fraction of sp³-hybridized carbons (Fsp3) is 0.594. The Morgan fingerprint density at radius 1 is 0.943 bits per heavy atom. The number of aromatic nitrogens is 1. The van der Waals surface area contributed by atoms with Gasteiger partial charge in [-0.1, -0.05) is 78.3 Å². The lowest BCUT2D eigenvalue weighted by Gasteiger charge is -2.35. The molecule has 1 aromatic carbocycles. The zero-order valence-corrected chi connectivity index (χ0v) is 23.1. The Hall–Kier alpha value is -2.29. The summed E-state index contributed by atoms with van der Waals surface area (Å²) in [6.45, 7) is 19.6. The van der Waals surface area contributed by atoms with Crippen LogP contribution < -0.4 is 5.32 Å². The Bertz CT molecular complexity index is 929. The molecule has 0 amide bonds. The Kier molecular flexibility index (Phi) is 9.83. The van der Waals surface area contributed by atoms with Crippen LogP contribution in [0.2, 0.25) is 0 Å². The first kappa shape index (κ1) is 27.3. The van der Waals surface area contributed by atoms with E-state index in [2.05, 4.69) is 74.6 Å². The van der Waals surface area contributed by atoms with Crippen LogP contribution in [0.25, 0.3) is 0 Å². The van der Waals surface area contributed by atoms with Gasteiger partial charge >= 0.3 is 0 Å². The second-order valence-electron chi connectivity index (χ2n) is 12.2. The molecule has 1 aliphatic rings. The van der Waals surface area contributed by atoms with E-state index in [-0.39, 0.29) is 0 Å². The highest BCUT2D eigenvalue weighted by Crippen LogP contribution is 2.34. The molecule has 3 rings (SSSR count). The molecule has 0 atom stereocenters. The van der Waals surface area contributed by atoms with E-state index in [1.165, 1.54) is 54.5 Å². The molecule has 2 heterocycles. The van der Waals surface area contributed by atoms with E-state index in [1.54, 1.807) is 0 Å². The van der Waals surface area contributed by atoms with Crippen molar-refractivity contribution in [2.45, 2.75) is 99.0 Å². The van der Waals surface area contributed by atoms with E-state index in [4.69, 9.17) is 0 Å². The third kappa shape index (κ3) is 9.02. The van der Waals surface area contributed by atoms with Crippen molar-refractivity contribution in [3.05, 3.63) is 71.6 Å². The molecule has 1 aliphatic heterocycles. The maximum absolute atomic E-state index is 4.49. The number of anilines is 1. The molecule has 35 heavy (non-hydrogen) atoms. The predicted octanol–water partition coefficient (Wildman–Crippen LogP) is 8.41. The van der Waals surface area contributed by atoms with Gasteiger partial charge in [0.1, 0.15) is 5.82 Å². The number of benzene rings is 1. The van der Waals surface area contributed by atoms with Gasteiger partial charge in [-0.25, -0.2) is 4.98 Å². The number of nitrogens with zero attached hydrogens (tertiary/aromatic N) is 2. The minimum Gasteiger partial charge on any atom is -0.370 e. The molecule has 2 aromatic rings. The maximum atomic E-state index is 4.49. The highest BCUT2D eigenvalue weighted by Gasteiger charge is 2.26. The van der Waals surface area contributed by atoms with E-state index in [0.29, 0.717) is 10.8 Å². The van der Waals surface area contributed by atoms with Gasteiger partial charge in [-0.3, -0.25) is 0 Å². The topological polar surface area (TPSA) is 28.2 Å². The molecule has 0 aliphatic carbocycles. The number of nitrogens with one attached hydrogen (secondary N) is 1. The summed E-state index contributed by atoms with van der Waals surface area (Å²) in [6, 6.07) is 13.2. The molecule has 0 saturated carbocycles. The van der Waals surface area contributed by atoms with E-state index in [1.807, 2.05) is 24.4 Å². The molecule has 0 bridgehead atoms. The van der Waals surface area contributed by atoms with Crippen LogP contribution in [0.4, 0.5) is 5.82 Å². The van der Waals surface area contributed by atoms with Gasteiger partial charge in [-0.05, 0) is 84.6 Å². The van der Waals surface area contributed by atoms with E-state index in [9.17, 15) is 0 Å². The highest BCUT2D eigenvalue weighted by atomic mass is 15.1. The summed E-state index contributed by atoms with van der Waals surface area (Å²) >= 11 is 0. The van der Waals surface area contributed by atoms with Crippen molar-refractivity contribution in [1.29, 1.82) is 0 Å². The molecule has 0 spiro atoms. The van der Waals surface area contributed by atoms with Gasteiger partial charge in [0.05, 0.1) is 0 Å². The summed E-state index contributed by atoms with van der Waals surface area (Å²) in [5.41, 5.74) is 6.56. The van der Waals surface area contributed by atoms with Crippen molar-refractivity contribution in [3.8, 4) is 0 Å². The van der Waals surface area contributed by atoms with Gasteiger partial charge in [0, 0.05) is 31.5 Å². The lowest BCUT2D eigenvalue weighted by molar-refractivity contribution is 0.183. The summed E-state index contributed by atoms with van der Waals surface area (Å²) in [5, 5.41) is 3.42. The van der Waals surface area contributed by atoms with Gasteiger partial charge in [-0.2, -0.15) is 0 Å². The zero-order chi connectivity index (χ0) is 25.3. The molecule has 0 radical (unpaired) electrons. The number of rotatable bonds is 13. The van der Waals surface area contributed by atoms with E-state index >= 15 is 0 Å². The molecular weight excluding hydrogens is 426 g/mol. The van der Waals surface area contributed by atoms with Gasteiger partial charge in [0.15, 0.2) is 0 Å². The summed E-state index contributed by atoms with van der Waals surface area (Å²) in [5.74, 6) is 0.967. The minimum atomic E-state index is 0.301. The van der Waals surface area contributed by atoms with Gasteiger partial charge in [0.2, 0.25) is 0 Å². The average molecular weight is 476 g/mol. The monoisotopic (exact) mass is 475 g/mol. The van der Waals surface area contributed by atoms with Crippen LogP contribution in [-0.2, 0) is 19.4 Å². The third-order valence-corrected chi connectivity index (χ3v) is 7.91. The fourth-order valence-electron chi connectivity index (χ4n) is 5.10. The van der Waals surface area contributed by atoms with Crippen molar-refractivity contribution in [1.82, 2.24) is 9.88 Å². The second-order valence-corrected chi connectivity index (χ2v) is 12.2. The van der Waals surface area contributed by atoms with Crippen LogP contribution in [0.1, 0.15) is 96.3 Å². The van der Waals surface area contributed by atoms with Crippen LogP contribution in [0.3, 0.4) is 0 Å². The molecule has 3 nitrogen and oxygen atoms in total. The zero-order valence-electron chi connectivity index (χ0n) is 23.1. The number of hydrogen-bond acceptors (Lipinski definition) is 3. The lowest BCUT2D eigenvalue weighted by Crippen LogP contribution is -2.33. The minimum absolute atomic E-state index is 0.301. The van der Waals surface area contributed by atoms with Crippen LogP contribution in [0, 0.1) is 10.8 Å². The van der Waals surface area contributed by atoms with Crippen LogP contribution in [0.5, 0.6) is 0 Å². The van der Waals surface area contributed by atoms with Crippen LogP contribution in [0.15, 0.2) is 54.9 Å². The molecule has 3 heteroatoms. The Morgan fingerprint density at radius 2 is 1.74 bits per heavy atom. The van der Waals surface area contributed by atoms with Gasteiger partial charge in [-0.15, -0.1) is 0 Å². The maximum Gasteiger partial charge on any atom is 0.125 e. The average Bonchev–Trinajstić information content (AvgIpc) is 2.97. The Balaban J connectivity index is 1.52. The normalized spacial score (nSPS) is 14.5. The van der Waals surface area contributed by atoms with Crippen molar-refractivity contribution in [2.24, 2.45) is 10.8 Å². The SMILES string of the molecule is C=C1CCc2ccc(CCCCNc3ccccn3)cc2CN1CC(C)(C)CCCC(C)(C)CC. The molecule has 0 unspecified atom stereocenters. The number of fused-ring (bicyclic) bond motifs is 1. The number of allylic oxidation sites excluding steroid dienone is 1. The lowest BCUT2D eigenvalue weighted by atomic mass is 9.80. The van der Waals surface area contributed by atoms with Crippen molar-refractivity contribution in [2.75, 3.05) is 18.4 Å². The molecule has 0 saturated heterocycles. The van der Waals surface area contributed by atoms with Crippen LogP contribution >= 0.6 is 0 Å². The Morgan fingerprint density at radius 3 is 2.49 bits per heavy atom. The van der Waals surface area contributed by atoms with Crippen molar-refractivity contribution in [3.63, 3.8) is 0 Å². The highest BCUT2D eigenvalue weighted by molar-refractivity contribution is 5.35. The number of aryl methyl sites for hydroxylation is 2. The first-order valence-electron chi connectivity index (χ1n) is 13.9. The first-order chi connectivity index (χ1) is 16.7. The molecule has 1 aromatic heterocycles. The molecule has 0 fully saturated rings.